The number of esters is 1. The minimum absolute atomic E-state index is 0.292. The van der Waals surface area contributed by atoms with Gasteiger partial charge in [0.2, 0.25) is 0 Å². The highest BCUT2D eigenvalue weighted by Crippen LogP contribution is 2.17. The monoisotopic (exact) mass is 242 g/mol. The third-order valence-corrected chi connectivity index (χ3v) is 2.35. The van der Waals surface area contributed by atoms with Gasteiger partial charge in [-0.1, -0.05) is 11.6 Å². The summed E-state index contributed by atoms with van der Waals surface area (Å²) in [5, 5.41) is 0.292. The topological polar surface area (TPSA) is 42.4 Å². The van der Waals surface area contributed by atoms with Gasteiger partial charge in [0.15, 0.2) is 0 Å². The van der Waals surface area contributed by atoms with Crippen molar-refractivity contribution in [2.45, 2.75) is 13.8 Å². The second kappa shape index (κ2) is 5.70. The zero-order chi connectivity index (χ0) is 12.1. The zero-order valence-electron chi connectivity index (χ0n) is 9.66. The van der Waals surface area contributed by atoms with Gasteiger partial charge < -0.3 is 9.64 Å². The Hall–Kier alpha value is -1.29. The third-order valence-electron chi connectivity index (χ3n) is 2.16. The molecule has 0 N–H and O–H groups in total. The predicted molar refractivity (Wildman–Crippen MR) is 64.1 cm³/mol. The summed E-state index contributed by atoms with van der Waals surface area (Å²) >= 11 is 5.85. The first kappa shape index (κ1) is 12.8. The van der Waals surface area contributed by atoms with Crippen LogP contribution in [0.25, 0.3) is 0 Å². The summed E-state index contributed by atoms with van der Waals surface area (Å²) < 4.78 is 4.91. The first-order valence-electron chi connectivity index (χ1n) is 5.14. The van der Waals surface area contributed by atoms with Crippen LogP contribution in [0.15, 0.2) is 12.1 Å². The fourth-order valence-corrected chi connectivity index (χ4v) is 1.38. The van der Waals surface area contributed by atoms with E-state index in [-0.39, 0.29) is 5.97 Å². The number of hydrogen-bond acceptors (Lipinski definition) is 4. The van der Waals surface area contributed by atoms with E-state index in [0.717, 1.165) is 6.54 Å². The molecule has 0 spiro atoms. The maximum atomic E-state index is 11.5. The van der Waals surface area contributed by atoms with E-state index in [1.165, 1.54) is 6.07 Å². The van der Waals surface area contributed by atoms with Crippen LogP contribution < -0.4 is 4.90 Å². The maximum Gasteiger partial charge on any atom is 0.338 e. The van der Waals surface area contributed by atoms with Gasteiger partial charge in [-0.15, -0.1) is 0 Å². The minimum atomic E-state index is -0.377. The van der Waals surface area contributed by atoms with Crippen molar-refractivity contribution < 1.29 is 9.53 Å². The Morgan fingerprint density at radius 2 is 2.19 bits per heavy atom. The Morgan fingerprint density at radius 3 is 2.75 bits per heavy atom. The van der Waals surface area contributed by atoms with Gasteiger partial charge in [-0.2, -0.15) is 0 Å². The number of aromatic nitrogens is 1. The molecule has 0 fully saturated rings. The zero-order valence-corrected chi connectivity index (χ0v) is 10.4. The molecule has 1 aromatic heterocycles. The summed E-state index contributed by atoms with van der Waals surface area (Å²) in [6.07, 6.45) is 0. The van der Waals surface area contributed by atoms with Gasteiger partial charge in [0.05, 0.1) is 12.2 Å². The lowest BCUT2D eigenvalue weighted by Crippen LogP contribution is -2.18. The van der Waals surface area contributed by atoms with Gasteiger partial charge in [0.1, 0.15) is 11.0 Å². The van der Waals surface area contributed by atoms with E-state index < -0.39 is 0 Å². The number of hydrogen-bond donors (Lipinski definition) is 0. The summed E-state index contributed by atoms with van der Waals surface area (Å²) in [4.78, 5) is 17.6. The second-order valence-corrected chi connectivity index (χ2v) is 3.66. The summed E-state index contributed by atoms with van der Waals surface area (Å²) in [6, 6.07) is 3.18. The fourth-order valence-electron chi connectivity index (χ4n) is 1.17. The molecular formula is C11H15ClN2O2. The maximum absolute atomic E-state index is 11.5. The van der Waals surface area contributed by atoms with Crippen molar-refractivity contribution in [3.63, 3.8) is 0 Å². The van der Waals surface area contributed by atoms with Crippen LogP contribution in [0.2, 0.25) is 5.15 Å². The van der Waals surface area contributed by atoms with E-state index in [2.05, 4.69) is 4.98 Å². The lowest BCUT2D eigenvalue weighted by atomic mass is 10.2. The van der Waals surface area contributed by atoms with Crippen LogP contribution in [0.5, 0.6) is 0 Å². The molecule has 0 bridgehead atoms. The van der Waals surface area contributed by atoms with Crippen LogP contribution in [0, 0.1) is 0 Å². The van der Waals surface area contributed by atoms with Crippen LogP contribution in [-0.2, 0) is 4.74 Å². The molecule has 4 nitrogen and oxygen atoms in total. The molecule has 0 unspecified atom stereocenters. The first-order valence-corrected chi connectivity index (χ1v) is 5.52. The van der Waals surface area contributed by atoms with Crippen LogP contribution >= 0.6 is 11.6 Å². The molecule has 1 heterocycles. The number of anilines is 1. The van der Waals surface area contributed by atoms with Crippen molar-refractivity contribution in [2.75, 3.05) is 25.1 Å². The third kappa shape index (κ3) is 3.10. The van der Waals surface area contributed by atoms with E-state index in [4.69, 9.17) is 16.3 Å². The summed E-state index contributed by atoms with van der Waals surface area (Å²) in [5.74, 6) is 0.288. The summed E-state index contributed by atoms with van der Waals surface area (Å²) in [6.45, 7) is 4.89. The van der Waals surface area contributed by atoms with Crippen molar-refractivity contribution >= 4 is 23.4 Å². The minimum Gasteiger partial charge on any atom is -0.462 e. The highest BCUT2D eigenvalue weighted by atomic mass is 35.5. The highest BCUT2D eigenvalue weighted by molar-refractivity contribution is 6.29. The van der Waals surface area contributed by atoms with E-state index in [9.17, 15) is 4.79 Å². The Bertz CT molecular complexity index is 382. The average molecular weight is 243 g/mol. The van der Waals surface area contributed by atoms with Crippen LogP contribution in [0.1, 0.15) is 24.2 Å². The molecule has 0 aliphatic carbocycles. The molecule has 0 aromatic carbocycles. The molecular weight excluding hydrogens is 228 g/mol. The Morgan fingerprint density at radius 1 is 1.50 bits per heavy atom. The second-order valence-electron chi connectivity index (χ2n) is 3.27. The molecule has 5 heteroatoms. The first-order chi connectivity index (χ1) is 7.58. The molecule has 0 atom stereocenters. The lowest BCUT2D eigenvalue weighted by molar-refractivity contribution is 0.0526. The van der Waals surface area contributed by atoms with Crippen LogP contribution in [0.4, 0.5) is 5.82 Å². The van der Waals surface area contributed by atoms with Gasteiger partial charge in [-0.3, -0.25) is 0 Å². The van der Waals surface area contributed by atoms with Crippen LogP contribution in [0.3, 0.4) is 0 Å². The van der Waals surface area contributed by atoms with E-state index in [1.807, 2.05) is 18.9 Å². The largest absolute Gasteiger partial charge is 0.462 e. The van der Waals surface area contributed by atoms with Crippen molar-refractivity contribution in [3.8, 4) is 0 Å². The quantitative estimate of drug-likeness (QED) is 0.601. The normalized spacial score (nSPS) is 10.0. The fraction of sp³-hybridized carbons (Fsp3) is 0.455. The van der Waals surface area contributed by atoms with Gasteiger partial charge in [-0.05, 0) is 26.0 Å². The van der Waals surface area contributed by atoms with E-state index in [1.54, 1.807) is 13.0 Å². The highest BCUT2D eigenvalue weighted by Gasteiger charge is 2.11. The summed E-state index contributed by atoms with van der Waals surface area (Å²) in [7, 11) is 1.88. The van der Waals surface area contributed by atoms with Crippen LogP contribution in [-0.4, -0.2) is 31.2 Å². The Labute approximate surface area is 100 Å². The van der Waals surface area contributed by atoms with Crippen molar-refractivity contribution in [3.05, 3.63) is 22.8 Å². The average Bonchev–Trinajstić information content (AvgIpc) is 2.27. The smallest absolute Gasteiger partial charge is 0.338 e. The predicted octanol–water partition coefficient (Wildman–Crippen LogP) is 2.37. The molecule has 0 radical (unpaired) electrons. The number of nitrogens with zero attached hydrogens (tertiary/aromatic N) is 2. The van der Waals surface area contributed by atoms with Crippen molar-refractivity contribution in [1.82, 2.24) is 4.98 Å². The molecule has 0 amide bonds. The van der Waals surface area contributed by atoms with E-state index >= 15 is 0 Å². The van der Waals surface area contributed by atoms with Crippen molar-refractivity contribution in [2.24, 2.45) is 0 Å². The molecule has 0 saturated carbocycles. The number of pyridine rings is 1. The standard InChI is InChI=1S/C11H15ClN2O2/c1-4-14(3)10-7-8(6-9(12)13-10)11(15)16-5-2/h6-7H,4-5H2,1-3H3. The number of rotatable bonds is 4. The molecule has 0 aliphatic heterocycles. The van der Waals surface area contributed by atoms with Gasteiger partial charge in [-0.25, -0.2) is 9.78 Å². The number of ether oxygens (including phenoxy) is 1. The van der Waals surface area contributed by atoms with Gasteiger partial charge >= 0.3 is 5.97 Å². The summed E-state index contributed by atoms with van der Waals surface area (Å²) in [5.41, 5.74) is 0.428. The molecule has 0 saturated heterocycles. The molecule has 1 aromatic rings. The Balaban J connectivity index is 3.02. The Kier molecular flexibility index (Phi) is 4.55. The SMILES string of the molecule is CCOC(=O)c1cc(Cl)nc(N(C)CC)c1. The van der Waals surface area contributed by atoms with Crippen molar-refractivity contribution in [1.29, 1.82) is 0 Å². The molecule has 1 rings (SSSR count). The van der Waals surface area contributed by atoms with Gasteiger partial charge in [0, 0.05) is 13.6 Å². The number of halogens is 1. The van der Waals surface area contributed by atoms with E-state index in [0.29, 0.717) is 23.1 Å². The molecule has 16 heavy (non-hydrogen) atoms. The number of carbonyl (C=O) groups is 1. The number of carbonyl (C=O) groups excluding carboxylic acids is 1. The molecule has 88 valence electrons. The molecule has 0 aliphatic rings. The van der Waals surface area contributed by atoms with Gasteiger partial charge in [0.25, 0.3) is 0 Å². The lowest BCUT2D eigenvalue weighted by Gasteiger charge is -2.16.